The van der Waals surface area contributed by atoms with Crippen molar-refractivity contribution in [2.75, 3.05) is 7.11 Å². The molecule has 0 spiro atoms. The molecule has 1 atom stereocenters. The van der Waals surface area contributed by atoms with Crippen LogP contribution in [0.3, 0.4) is 0 Å². The van der Waals surface area contributed by atoms with Crippen LogP contribution in [-0.2, 0) is 0 Å². The number of methoxy groups -OCH3 is 1. The number of nitrogens with zero attached hydrogens (tertiary/aromatic N) is 2. The van der Waals surface area contributed by atoms with E-state index >= 15 is 0 Å². The Kier molecular flexibility index (Phi) is 2.64. The van der Waals surface area contributed by atoms with E-state index < -0.39 is 0 Å². The molecule has 0 fully saturated rings. The van der Waals surface area contributed by atoms with Crippen LogP contribution >= 0.6 is 0 Å². The molecule has 0 unspecified atom stereocenters. The number of rotatable bonds is 3. The molecular weight excluding hydrogens is 192 g/mol. The molecule has 15 heavy (non-hydrogen) atoms. The Morgan fingerprint density at radius 3 is 3.00 bits per heavy atom. The van der Waals surface area contributed by atoms with Gasteiger partial charge in [0.15, 0.2) is 0 Å². The summed E-state index contributed by atoms with van der Waals surface area (Å²) in [7, 11) is 1.62. The van der Waals surface area contributed by atoms with Crippen LogP contribution in [0.15, 0.2) is 30.6 Å². The van der Waals surface area contributed by atoms with Gasteiger partial charge in [-0.25, -0.2) is 4.98 Å². The zero-order chi connectivity index (χ0) is 10.7. The van der Waals surface area contributed by atoms with Crippen molar-refractivity contribution in [1.82, 2.24) is 15.2 Å². The lowest BCUT2D eigenvalue weighted by Gasteiger charge is -2.09. The SMILES string of the molecule is COc1cccc([C@@H](N)c2ncn[nH]2)c1. The van der Waals surface area contributed by atoms with Gasteiger partial charge in [-0.15, -0.1) is 0 Å². The predicted octanol–water partition coefficient (Wildman–Crippen LogP) is 0.861. The molecule has 0 aliphatic rings. The minimum Gasteiger partial charge on any atom is -0.497 e. The molecule has 5 nitrogen and oxygen atoms in total. The van der Waals surface area contributed by atoms with E-state index in [1.54, 1.807) is 7.11 Å². The lowest BCUT2D eigenvalue weighted by molar-refractivity contribution is 0.414. The van der Waals surface area contributed by atoms with E-state index in [4.69, 9.17) is 10.5 Å². The summed E-state index contributed by atoms with van der Waals surface area (Å²) in [5, 5.41) is 6.51. The van der Waals surface area contributed by atoms with E-state index in [1.165, 1.54) is 6.33 Å². The standard InChI is InChI=1S/C10H12N4O/c1-15-8-4-2-3-7(5-8)9(11)10-12-6-13-14-10/h2-6,9H,11H2,1H3,(H,12,13,14)/t9-/m1/s1. The topological polar surface area (TPSA) is 76.8 Å². The summed E-state index contributed by atoms with van der Waals surface area (Å²) in [6, 6.07) is 7.27. The van der Waals surface area contributed by atoms with Crippen LogP contribution in [0.5, 0.6) is 5.75 Å². The van der Waals surface area contributed by atoms with E-state index in [0.29, 0.717) is 5.82 Å². The first-order valence-electron chi connectivity index (χ1n) is 4.56. The van der Waals surface area contributed by atoms with Crippen LogP contribution in [0.1, 0.15) is 17.4 Å². The second-order valence-corrected chi connectivity index (χ2v) is 3.12. The zero-order valence-corrected chi connectivity index (χ0v) is 8.34. The molecule has 2 aromatic rings. The quantitative estimate of drug-likeness (QED) is 0.777. The summed E-state index contributed by atoms with van der Waals surface area (Å²) in [6.07, 6.45) is 1.44. The van der Waals surface area contributed by atoms with Gasteiger partial charge in [0, 0.05) is 0 Å². The normalized spacial score (nSPS) is 12.4. The highest BCUT2D eigenvalue weighted by atomic mass is 16.5. The molecule has 1 aromatic heterocycles. The number of H-pyrrole nitrogens is 1. The Balaban J connectivity index is 2.29. The maximum Gasteiger partial charge on any atom is 0.145 e. The minimum atomic E-state index is -0.303. The number of aromatic amines is 1. The Labute approximate surface area is 87.3 Å². The van der Waals surface area contributed by atoms with Gasteiger partial charge < -0.3 is 10.5 Å². The van der Waals surface area contributed by atoms with Gasteiger partial charge >= 0.3 is 0 Å². The van der Waals surface area contributed by atoms with Gasteiger partial charge in [0.25, 0.3) is 0 Å². The monoisotopic (exact) mass is 204 g/mol. The Bertz CT molecular complexity index is 427. The van der Waals surface area contributed by atoms with Gasteiger partial charge in [0.1, 0.15) is 17.9 Å². The Hall–Kier alpha value is -1.88. The van der Waals surface area contributed by atoms with Gasteiger partial charge in [-0.3, -0.25) is 5.10 Å². The molecule has 0 aliphatic carbocycles. The van der Waals surface area contributed by atoms with Gasteiger partial charge in [-0.05, 0) is 17.7 Å². The largest absolute Gasteiger partial charge is 0.497 e. The average molecular weight is 204 g/mol. The minimum absolute atomic E-state index is 0.303. The lowest BCUT2D eigenvalue weighted by atomic mass is 10.1. The van der Waals surface area contributed by atoms with Gasteiger partial charge in [-0.2, -0.15) is 5.10 Å². The smallest absolute Gasteiger partial charge is 0.145 e. The third kappa shape index (κ3) is 1.97. The molecule has 1 aromatic carbocycles. The fourth-order valence-electron chi connectivity index (χ4n) is 1.36. The zero-order valence-electron chi connectivity index (χ0n) is 8.34. The van der Waals surface area contributed by atoms with Gasteiger partial charge in [0.05, 0.1) is 13.2 Å². The van der Waals surface area contributed by atoms with Crippen molar-refractivity contribution in [3.8, 4) is 5.75 Å². The second kappa shape index (κ2) is 4.10. The van der Waals surface area contributed by atoms with Crippen LogP contribution < -0.4 is 10.5 Å². The van der Waals surface area contributed by atoms with Crippen molar-refractivity contribution in [3.63, 3.8) is 0 Å². The third-order valence-electron chi connectivity index (χ3n) is 2.18. The number of nitrogens with one attached hydrogen (secondary N) is 1. The molecule has 1 heterocycles. The fraction of sp³-hybridized carbons (Fsp3) is 0.200. The van der Waals surface area contributed by atoms with Crippen LogP contribution in [-0.4, -0.2) is 22.3 Å². The number of nitrogens with two attached hydrogens (primary N) is 1. The Morgan fingerprint density at radius 1 is 1.47 bits per heavy atom. The van der Waals surface area contributed by atoms with Crippen molar-refractivity contribution >= 4 is 0 Å². The predicted molar refractivity (Wildman–Crippen MR) is 55.4 cm³/mol. The van der Waals surface area contributed by atoms with Crippen LogP contribution in [0.4, 0.5) is 0 Å². The summed E-state index contributed by atoms with van der Waals surface area (Å²) in [6.45, 7) is 0. The first-order chi connectivity index (χ1) is 7.31. The molecule has 0 amide bonds. The maximum atomic E-state index is 6.00. The molecule has 78 valence electrons. The number of ether oxygens (including phenoxy) is 1. The molecule has 2 rings (SSSR count). The van der Waals surface area contributed by atoms with Gasteiger partial charge in [0.2, 0.25) is 0 Å². The summed E-state index contributed by atoms with van der Waals surface area (Å²) < 4.78 is 5.12. The summed E-state index contributed by atoms with van der Waals surface area (Å²) >= 11 is 0. The average Bonchev–Trinajstić information content (AvgIpc) is 2.81. The third-order valence-corrected chi connectivity index (χ3v) is 2.18. The molecule has 3 N–H and O–H groups in total. The number of aromatic nitrogens is 3. The number of hydrogen-bond acceptors (Lipinski definition) is 4. The molecule has 0 bridgehead atoms. The van der Waals surface area contributed by atoms with Gasteiger partial charge in [-0.1, -0.05) is 12.1 Å². The highest BCUT2D eigenvalue weighted by Gasteiger charge is 2.11. The van der Waals surface area contributed by atoms with Crippen molar-refractivity contribution < 1.29 is 4.74 Å². The van der Waals surface area contributed by atoms with Crippen LogP contribution in [0.2, 0.25) is 0 Å². The van der Waals surface area contributed by atoms with E-state index in [9.17, 15) is 0 Å². The molecule has 0 aliphatic heterocycles. The first kappa shape index (κ1) is 9.67. The fourth-order valence-corrected chi connectivity index (χ4v) is 1.36. The van der Waals surface area contributed by atoms with Crippen molar-refractivity contribution in [2.24, 2.45) is 5.73 Å². The van der Waals surface area contributed by atoms with E-state index in [-0.39, 0.29) is 6.04 Å². The highest BCUT2D eigenvalue weighted by Crippen LogP contribution is 2.20. The molecule has 5 heteroatoms. The van der Waals surface area contributed by atoms with E-state index in [1.807, 2.05) is 24.3 Å². The molecular formula is C10H12N4O. The number of benzene rings is 1. The maximum absolute atomic E-state index is 6.00. The Morgan fingerprint density at radius 2 is 2.33 bits per heavy atom. The summed E-state index contributed by atoms with van der Waals surface area (Å²) in [5.41, 5.74) is 6.93. The molecule has 0 saturated heterocycles. The van der Waals surface area contributed by atoms with Crippen LogP contribution in [0.25, 0.3) is 0 Å². The highest BCUT2D eigenvalue weighted by molar-refractivity contribution is 5.32. The van der Waals surface area contributed by atoms with Crippen molar-refractivity contribution in [1.29, 1.82) is 0 Å². The number of hydrogen-bond donors (Lipinski definition) is 2. The lowest BCUT2D eigenvalue weighted by Crippen LogP contribution is -2.13. The summed E-state index contributed by atoms with van der Waals surface area (Å²) in [5.74, 6) is 1.42. The van der Waals surface area contributed by atoms with Crippen molar-refractivity contribution in [2.45, 2.75) is 6.04 Å². The summed E-state index contributed by atoms with van der Waals surface area (Å²) in [4.78, 5) is 4.02. The second-order valence-electron chi connectivity index (χ2n) is 3.12. The van der Waals surface area contributed by atoms with Crippen LogP contribution in [0, 0.1) is 0 Å². The van der Waals surface area contributed by atoms with Crippen molar-refractivity contribution in [3.05, 3.63) is 42.0 Å². The van der Waals surface area contributed by atoms with E-state index in [2.05, 4.69) is 15.2 Å². The molecule has 0 saturated carbocycles. The first-order valence-corrected chi connectivity index (χ1v) is 4.56. The van der Waals surface area contributed by atoms with E-state index in [0.717, 1.165) is 11.3 Å². The molecule has 0 radical (unpaired) electrons.